The van der Waals surface area contributed by atoms with Gasteiger partial charge in [0.15, 0.2) is 0 Å². The van der Waals surface area contributed by atoms with E-state index < -0.39 is 0 Å². The summed E-state index contributed by atoms with van der Waals surface area (Å²) >= 11 is 0. The van der Waals surface area contributed by atoms with Gasteiger partial charge >= 0.3 is 0 Å². The third-order valence-electron chi connectivity index (χ3n) is 4.69. The Morgan fingerprint density at radius 2 is 2.00 bits per heavy atom. The molecule has 0 atom stereocenters. The summed E-state index contributed by atoms with van der Waals surface area (Å²) in [7, 11) is 1.66. The molecule has 0 heterocycles. The Labute approximate surface area is 128 Å². The molecule has 1 aliphatic rings. The third-order valence-corrected chi connectivity index (χ3v) is 4.69. The third kappa shape index (κ3) is 4.48. The van der Waals surface area contributed by atoms with Crippen LogP contribution >= 0.6 is 0 Å². The quantitative estimate of drug-likeness (QED) is 0.899. The molecule has 1 fully saturated rings. The van der Waals surface area contributed by atoms with Crippen LogP contribution in [0.4, 0.5) is 0 Å². The van der Waals surface area contributed by atoms with Crippen LogP contribution in [-0.2, 0) is 11.2 Å². The summed E-state index contributed by atoms with van der Waals surface area (Å²) in [5, 5.41) is 3.20. The smallest absolute Gasteiger partial charge is 0.224 e. The van der Waals surface area contributed by atoms with Crippen molar-refractivity contribution in [3.05, 3.63) is 29.3 Å². The fraction of sp³-hybridized carbons (Fsp3) is 0.611. The highest BCUT2D eigenvalue weighted by atomic mass is 16.5. The lowest BCUT2D eigenvalue weighted by Crippen LogP contribution is -2.38. The van der Waals surface area contributed by atoms with E-state index in [0.29, 0.717) is 12.5 Å². The molecule has 0 bridgehead atoms. The molecule has 1 amide bonds. The van der Waals surface area contributed by atoms with Gasteiger partial charge < -0.3 is 10.1 Å². The summed E-state index contributed by atoms with van der Waals surface area (Å²) < 4.78 is 5.20. The topological polar surface area (TPSA) is 38.3 Å². The van der Waals surface area contributed by atoms with Gasteiger partial charge in [-0.25, -0.2) is 0 Å². The normalized spacial score (nSPS) is 21.9. The van der Waals surface area contributed by atoms with Crippen LogP contribution in [0.3, 0.4) is 0 Å². The van der Waals surface area contributed by atoms with Gasteiger partial charge in [-0.3, -0.25) is 4.79 Å². The van der Waals surface area contributed by atoms with Crippen molar-refractivity contribution in [3.63, 3.8) is 0 Å². The Kier molecular flexibility index (Phi) is 5.66. The van der Waals surface area contributed by atoms with Gasteiger partial charge in [0.2, 0.25) is 5.91 Å². The number of hydrogen-bond donors (Lipinski definition) is 1. The molecule has 0 spiro atoms. The molecule has 0 unspecified atom stereocenters. The lowest BCUT2D eigenvalue weighted by Gasteiger charge is -2.28. The number of nitrogens with one attached hydrogen (secondary N) is 1. The average molecular weight is 289 g/mol. The van der Waals surface area contributed by atoms with E-state index >= 15 is 0 Å². The van der Waals surface area contributed by atoms with Crippen molar-refractivity contribution in [2.45, 2.75) is 58.4 Å². The second kappa shape index (κ2) is 7.48. The number of methoxy groups -OCH3 is 1. The molecule has 0 radical (unpaired) electrons. The van der Waals surface area contributed by atoms with Crippen molar-refractivity contribution in [2.24, 2.45) is 5.92 Å². The van der Waals surface area contributed by atoms with Gasteiger partial charge in [0, 0.05) is 6.04 Å². The Morgan fingerprint density at radius 3 is 2.57 bits per heavy atom. The van der Waals surface area contributed by atoms with Crippen LogP contribution < -0.4 is 10.1 Å². The number of amides is 1. The number of carbonyl (C=O) groups is 1. The Balaban J connectivity index is 1.85. The molecular formula is C18H27NO2. The molecule has 0 aliphatic heterocycles. The van der Waals surface area contributed by atoms with E-state index in [1.807, 2.05) is 25.1 Å². The fourth-order valence-corrected chi connectivity index (χ4v) is 3.16. The first-order valence-corrected chi connectivity index (χ1v) is 8.05. The van der Waals surface area contributed by atoms with E-state index in [1.54, 1.807) is 7.11 Å². The first kappa shape index (κ1) is 15.9. The molecule has 21 heavy (non-hydrogen) atoms. The summed E-state index contributed by atoms with van der Waals surface area (Å²) in [4.78, 5) is 12.2. The van der Waals surface area contributed by atoms with Crippen molar-refractivity contribution < 1.29 is 9.53 Å². The van der Waals surface area contributed by atoms with Gasteiger partial charge in [-0.05, 0) is 61.8 Å². The lowest BCUT2D eigenvalue weighted by atomic mass is 9.84. The van der Waals surface area contributed by atoms with Gasteiger partial charge in [-0.15, -0.1) is 0 Å². The molecule has 3 nitrogen and oxygen atoms in total. The van der Waals surface area contributed by atoms with E-state index in [0.717, 1.165) is 35.6 Å². The second-order valence-corrected chi connectivity index (χ2v) is 6.16. The minimum atomic E-state index is 0.142. The number of hydrogen-bond acceptors (Lipinski definition) is 2. The molecule has 1 aromatic carbocycles. The summed E-state index contributed by atoms with van der Waals surface area (Å²) in [6.07, 6.45) is 6.50. The zero-order chi connectivity index (χ0) is 15.2. The first-order chi connectivity index (χ1) is 10.1. The molecular weight excluding hydrogens is 262 g/mol. The highest BCUT2D eigenvalue weighted by Gasteiger charge is 2.21. The Morgan fingerprint density at radius 1 is 1.29 bits per heavy atom. The maximum Gasteiger partial charge on any atom is 0.224 e. The number of aryl methyl sites for hydroxylation is 1. The first-order valence-electron chi connectivity index (χ1n) is 8.05. The molecule has 1 aliphatic carbocycles. The second-order valence-electron chi connectivity index (χ2n) is 6.16. The van der Waals surface area contributed by atoms with Gasteiger partial charge in [0.05, 0.1) is 13.5 Å². The monoisotopic (exact) mass is 289 g/mol. The molecule has 1 N–H and O–H groups in total. The maximum atomic E-state index is 12.2. The SMILES string of the molecule is CCC1CCC(NC(=O)Cc2ccc(OC)cc2C)CC1. The van der Waals surface area contributed by atoms with Crippen LogP contribution in [0.1, 0.15) is 50.2 Å². The van der Waals surface area contributed by atoms with E-state index in [2.05, 4.69) is 12.2 Å². The maximum absolute atomic E-state index is 12.2. The lowest BCUT2D eigenvalue weighted by molar-refractivity contribution is -0.121. The summed E-state index contributed by atoms with van der Waals surface area (Å²) in [5.41, 5.74) is 2.19. The van der Waals surface area contributed by atoms with Crippen LogP contribution in [0.15, 0.2) is 18.2 Å². The summed E-state index contributed by atoms with van der Waals surface area (Å²) in [6.45, 7) is 4.29. The zero-order valence-electron chi connectivity index (χ0n) is 13.4. The van der Waals surface area contributed by atoms with Gasteiger partial charge in [0.25, 0.3) is 0 Å². The standard InChI is InChI=1S/C18H27NO2/c1-4-14-5-8-16(9-6-14)19-18(20)12-15-7-10-17(21-3)11-13(15)2/h7,10-11,14,16H,4-6,8-9,12H2,1-3H3,(H,19,20). The Hall–Kier alpha value is -1.51. The van der Waals surface area contributed by atoms with Crippen LogP contribution in [0, 0.1) is 12.8 Å². The fourth-order valence-electron chi connectivity index (χ4n) is 3.16. The minimum Gasteiger partial charge on any atom is -0.497 e. The van der Waals surface area contributed by atoms with Crippen LogP contribution in [0.2, 0.25) is 0 Å². The van der Waals surface area contributed by atoms with Crippen molar-refractivity contribution in [3.8, 4) is 5.75 Å². The largest absolute Gasteiger partial charge is 0.497 e. The number of ether oxygens (including phenoxy) is 1. The highest BCUT2D eigenvalue weighted by molar-refractivity contribution is 5.79. The van der Waals surface area contributed by atoms with Gasteiger partial charge in [-0.2, -0.15) is 0 Å². The van der Waals surface area contributed by atoms with Crippen LogP contribution in [0.5, 0.6) is 5.75 Å². The summed E-state index contributed by atoms with van der Waals surface area (Å²) in [5.74, 6) is 1.85. The summed E-state index contributed by atoms with van der Waals surface area (Å²) in [6, 6.07) is 6.26. The Bertz CT molecular complexity index is 476. The number of benzene rings is 1. The van der Waals surface area contributed by atoms with Gasteiger partial charge in [-0.1, -0.05) is 19.4 Å². The molecule has 3 heteroatoms. The predicted molar refractivity (Wildman–Crippen MR) is 85.6 cm³/mol. The molecule has 2 rings (SSSR count). The molecule has 116 valence electrons. The van der Waals surface area contributed by atoms with Crippen molar-refractivity contribution in [1.29, 1.82) is 0 Å². The van der Waals surface area contributed by atoms with Crippen molar-refractivity contribution in [1.82, 2.24) is 5.32 Å². The zero-order valence-corrected chi connectivity index (χ0v) is 13.4. The molecule has 0 aromatic heterocycles. The van der Waals surface area contributed by atoms with Crippen molar-refractivity contribution >= 4 is 5.91 Å². The highest BCUT2D eigenvalue weighted by Crippen LogP contribution is 2.26. The van der Waals surface area contributed by atoms with Crippen LogP contribution in [-0.4, -0.2) is 19.1 Å². The van der Waals surface area contributed by atoms with Crippen LogP contribution in [0.25, 0.3) is 0 Å². The minimum absolute atomic E-state index is 0.142. The van der Waals surface area contributed by atoms with E-state index in [1.165, 1.54) is 19.3 Å². The molecule has 0 saturated heterocycles. The number of rotatable bonds is 5. The van der Waals surface area contributed by atoms with Crippen molar-refractivity contribution in [2.75, 3.05) is 7.11 Å². The molecule has 1 aromatic rings. The van der Waals surface area contributed by atoms with Gasteiger partial charge in [0.1, 0.15) is 5.75 Å². The van der Waals surface area contributed by atoms with E-state index in [-0.39, 0.29) is 5.91 Å². The molecule has 1 saturated carbocycles. The number of carbonyl (C=O) groups excluding carboxylic acids is 1. The van der Waals surface area contributed by atoms with E-state index in [4.69, 9.17) is 4.74 Å². The van der Waals surface area contributed by atoms with E-state index in [9.17, 15) is 4.79 Å². The predicted octanol–water partition coefficient (Wildman–Crippen LogP) is 3.63. The average Bonchev–Trinajstić information content (AvgIpc) is 2.50.